The molecule has 0 saturated heterocycles. The van der Waals surface area contributed by atoms with Gasteiger partial charge in [-0.25, -0.2) is 4.79 Å². The van der Waals surface area contributed by atoms with Crippen molar-refractivity contribution in [1.29, 1.82) is 0 Å². The third kappa shape index (κ3) is 4.17. The number of halogens is 1. The van der Waals surface area contributed by atoms with Crippen LogP contribution in [-0.4, -0.2) is 24.2 Å². The van der Waals surface area contributed by atoms with Gasteiger partial charge in [-0.2, -0.15) is 0 Å². The molecule has 0 aromatic heterocycles. The molecule has 1 aromatic rings. The van der Waals surface area contributed by atoms with Crippen LogP contribution in [0.1, 0.15) is 11.1 Å². The summed E-state index contributed by atoms with van der Waals surface area (Å²) in [6.45, 7) is 0. The second-order valence-corrected chi connectivity index (χ2v) is 3.53. The van der Waals surface area contributed by atoms with Gasteiger partial charge in [0.2, 0.25) is 0 Å². The van der Waals surface area contributed by atoms with Crippen LogP contribution in [0.25, 0.3) is 0 Å². The van der Waals surface area contributed by atoms with E-state index < -0.39 is 11.9 Å². The molecule has 17 heavy (non-hydrogen) atoms. The normalized spacial score (nSPS) is 9.06. The van der Waals surface area contributed by atoms with Crippen molar-refractivity contribution in [3.05, 3.63) is 34.3 Å². The Morgan fingerprint density at radius 3 is 2.71 bits per heavy atom. The summed E-state index contributed by atoms with van der Waals surface area (Å²) >= 11 is 5.88. The molecule has 0 atom stereocenters. The largest absolute Gasteiger partial charge is 0.481 e. The first kappa shape index (κ1) is 13.1. The maximum absolute atomic E-state index is 10.8. The fourth-order valence-electron chi connectivity index (χ4n) is 1.11. The van der Waals surface area contributed by atoms with Gasteiger partial charge in [-0.15, -0.1) is 0 Å². The maximum Gasteiger partial charge on any atom is 0.384 e. The Morgan fingerprint density at radius 2 is 2.18 bits per heavy atom. The number of carboxylic acid groups (broad SMARTS) is 1. The first-order valence-electron chi connectivity index (χ1n) is 4.63. The minimum Gasteiger partial charge on any atom is -0.481 e. The summed E-state index contributed by atoms with van der Waals surface area (Å²) in [7, 11) is 1.24. The Balaban J connectivity index is 2.91. The minimum atomic E-state index is -0.958. The lowest BCUT2D eigenvalue weighted by Gasteiger charge is -2.00. The Kier molecular flexibility index (Phi) is 4.56. The van der Waals surface area contributed by atoms with Gasteiger partial charge < -0.3 is 9.84 Å². The van der Waals surface area contributed by atoms with Gasteiger partial charge in [-0.05, 0) is 17.7 Å². The van der Waals surface area contributed by atoms with Crippen molar-refractivity contribution in [3.8, 4) is 11.8 Å². The third-order valence-corrected chi connectivity index (χ3v) is 2.24. The SMILES string of the molecule is COC(=O)C#Cc1ccc(CC(=O)O)c(Cl)c1. The quantitative estimate of drug-likeness (QED) is 0.640. The van der Waals surface area contributed by atoms with Gasteiger partial charge in [0.15, 0.2) is 0 Å². The van der Waals surface area contributed by atoms with Crippen LogP contribution >= 0.6 is 11.6 Å². The second kappa shape index (κ2) is 5.92. The first-order valence-corrected chi connectivity index (χ1v) is 5.01. The average molecular weight is 253 g/mol. The van der Waals surface area contributed by atoms with Gasteiger partial charge in [-0.1, -0.05) is 23.6 Å². The van der Waals surface area contributed by atoms with Gasteiger partial charge >= 0.3 is 11.9 Å². The zero-order chi connectivity index (χ0) is 12.8. The number of benzene rings is 1. The van der Waals surface area contributed by atoms with E-state index >= 15 is 0 Å². The van der Waals surface area contributed by atoms with Crippen LogP contribution < -0.4 is 0 Å². The van der Waals surface area contributed by atoms with Crippen LogP contribution in [-0.2, 0) is 20.7 Å². The molecule has 0 radical (unpaired) electrons. The van der Waals surface area contributed by atoms with Crippen molar-refractivity contribution in [2.45, 2.75) is 6.42 Å². The molecule has 0 heterocycles. The van der Waals surface area contributed by atoms with E-state index in [0.717, 1.165) is 0 Å². The van der Waals surface area contributed by atoms with E-state index in [2.05, 4.69) is 16.6 Å². The molecule has 1 rings (SSSR count). The lowest BCUT2D eigenvalue weighted by molar-refractivity contribution is -0.136. The van der Waals surface area contributed by atoms with Crippen LogP contribution in [0.4, 0.5) is 0 Å². The number of aliphatic carboxylic acids is 1. The number of carbonyl (C=O) groups excluding carboxylic acids is 1. The number of rotatable bonds is 2. The Hall–Kier alpha value is -1.99. The number of hydrogen-bond acceptors (Lipinski definition) is 3. The second-order valence-electron chi connectivity index (χ2n) is 3.12. The molecule has 0 aliphatic rings. The summed E-state index contributed by atoms with van der Waals surface area (Å²) in [4.78, 5) is 21.3. The van der Waals surface area contributed by atoms with Gasteiger partial charge in [0.1, 0.15) is 0 Å². The van der Waals surface area contributed by atoms with Crippen LogP contribution in [0.2, 0.25) is 5.02 Å². The van der Waals surface area contributed by atoms with Crippen molar-refractivity contribution >= 4 is 23.5 Å². The molecule has 1 aromatic carbocycles. The highest BCUT2D eigenvalue weighted by atomic mass is 35.5. The number of esters is 1. The summed E-state index contributed by atoms with van der Waals surface area (Å²) in [5.74, 6) is 3.21. The van der Waals surface area contributed by atoms with Gasteiger partial charge in [0.05, 0.1) is 13.5 Å². The van der Waals surface area contributed by atoms with E-state index in [0.29, 0.717) is 16.1 Å². The standard InChI is InChI=1S/C12H9ClO4/c1-17-12(16)5-3-8-2-4-9(7-11(14)15)10(13)6-8/h2,4,6H,7H2,1H3,(H,14,15). The Labute approximate surface area is 103 Å². The molecule has 0 aliphatic heterocycles. The van der Waals surface area contributed by atoms with E-state index in [9.17, 15) is 9.59 Å². The van der Waals surface area contributed by atoms with E-state index in [4.69, 9.17) is 16.7 Å². The average Bonchev–Trinajstić information content (AvgIpc) is 2.28. The molecular weight excluding hydrogens is 244 g/mol. The fourth-order valence-corrected chi connectivity index (χ4v) is 1.35. The highest BCUT2D eigenvalue weighted by Gasteiger charge is 2.05. The molecule has 0 fully saturated rings. The van der Waals surface area contributed by atoms with Gasteiger partial charge in [-0.3, -0.25) is 4.79 Å². The predicted molar refractivity (Wildman–Crippen MR) is 61.7 cm³/mol. The van der Waals surface area contributed by atoms with Crippen LogP contribution in [0.5, 0.6) is 0 Å². The monoisotopic (exact) mass is 252 g/mol. The van der Waals surface area contributed by atoms with Crippen molar-refractivity contribution in [2.75, 3.05) is 7.11 Å². The number of ether oxygens (including phenoxy) is 1. The first-order chi connectivity index (χ1) is 8.02. The van der Waals surface area contributed by atoms with Crippen LogP contribution in [0.15, 0.2) is 18.2 Å². The summed E-state index contributed by atoms with van der Waals surface area (Å²) < 4.78 is 4.36. The summed E-state index contributed by atoms with van der Waals surface area (Å²) in [5, 5.41) is 8.93. The Morgan fingerprint density at radius 1 is 1.47 bits per heavy atom. The van der Waals surface area contributed by atoms with Gasteiger partial charge in [0, 0.05) is 16.5 Å². The van der Waals surface area contributed by atoms with E-state index in [1.54, 1.807) is 12.1 Å². The van der Waals surface area contributed by atoms with Crippen molar-refractivity contribution in [1.82, 2.24) is 0 Å². The number of carbonyl (C=O) groups is 2. The van der Waals surface area contributed by atoms with Crippen molar-refractivity contribution in [3.63, 3.8) is 0 Å². The van der Waals surface area contributed by atoms with E-state index in [-0.39, 0.29) is 6.42 Å². The maximum atomic E-state index is 10.8. The number of methoxy groups -OCH3 is 1. The number of carboxylic acids is 1. The summed E-state index contributed by atoms with van der Waals surface area (Å²) in [5.41, 5.74) is 1.03. The van der Waals surface area contributed by atoms with Crippen LogP contribution in [0, 0.1) is 11.8 Å². The van der Waals surface area contributed by atoms with E-state index in [1.165, 1.54) is 13.2 Å². The van der Waals surface area contributed by atoms with Crippen molar-refractivity contribution in [2.24, 2.45) is 0 Å². The van der Waals surface area contributed by atoms with Crippen molar-refractivity contribution < 1.29 is 19.4 Å². The lowest BCUT2D eigenvalue weighted by atomic mass is 10.1. The summed E-state index contributed by atoms with van der Waals surface area (Å²) in [6.07, 6.45) is -0.149. The lowest BCUT2D eigenvalue weighted by Crippen LogP contribution is -2.00. The molecule has 0 unspecified atom stereocenters. The molecule has 0 spiro atoms. The molecule has 0 bridgehead atoms. The molecule has 1 N–H and O–H groups in total. The highest BCUT2D eigenvalue weighted by Crippen LogP contribution is 2.18. The smallest absolute Gasteiger partial charge is 0.384 e. The third-order valence-electron chi connectivity index (χ3n) is 1.89. The molecular formula is C12H9ClO4. The van der Waals surface area contributed by atoms with Gasteiger partial charge in [0.25, 0.3) is 0 Å². The zero-order valence-corrected chi connectivity index (χ0v) is 9.75. The molecule has 88 valence electrons. The van der Waals surface area contributed by atoms with Crippen LogP contribution in [0.3, 0.4) is 0 Å². The van der Waals surface area contributed by atoms with E-state index in [1.807, 2.05) is 0 Å². The topological polar surface area (TPSA) is 63.6 Å². The molecule has 5 heteroatoms. The summed E-state index contributed by atoms with van der Waals surface area (Å²) in [6, 6.07) is 4.67. The highest BCUT2D eigenvalue weighted by molar-refractivity contribution is 6.31. The molecule has 0 aliphatic carbocycles. The predicted octanol–water partition coefficient (Wildman–Crippen LogP) is 1.49. The fraction of sp³-hybridized carbons (Fsp3) is 0.167. The Bertz CT molecular complexity index is 511. The minimum absolute atomic E-state index is 0.149. The zero-order valence-electron chi connectivity index (χ0n) is 8.99. The molecule has 0 amide bonds. The number of hydrogen-bond donors (Lipinski definition) is 1. The molecule has 4 nitrogen and oxygen atoms in total. The molecule has 0 saturated carbocycles.